The summed E-state index contributed by atoms with van der Waals surface area (Å²) in [4.78, 5) is 6.97. The van der Waals surface area contributed by atoms with Gasteiger partial charge in [-0.1, -0.05) is 6.92 Å². The van der Waals surface area contributed by atoms with E-state index in [0.717, 1.165) is 19.1 Å². The smallest absolute Gasteiger partial charge is 0.185 e. The molecule has 0 saturated heterocycles. The molecule has 4 heteroatoms. The van der Waals surface area contributed by atoms with E-state index in [1.165, 1.54) is 30.1 Å². The minimum Gasteiger partial charge on any atom is -0.348 e. The van der Waals surface area contributed by atoms with Gasteiger partial charge in [-0.15, -0.1) is 11.3 Å². The summed E-state index contributed by atoms with van der Waals surface area (Å²) in [6.07, 6.45) is 4.04. The molecule has 1 heterocycles. The SMILES string of the molecule is CCNCc1csc(N(C)C2CCC2)n1. The predicted octanol–water partition coefficient (Wildman–Crippen LogP) is 2.24. The maximum atomic E-state index is 4.63. The summed E-state index contributed by atoms with van der Waals surface area (Å²) in [5, 5.41) is 6.63. The third-order valence-electron chi connectivity index (χ3n) is 3.02. The van der Waals surface area contributed by atoms with Crippen molar-refractivity contribution in [1.82, 2.24) is 10.3 Å². The van der Waals surface area contributed by atoms with Gasteiger partial charge < -0.3 is 10.2 Å². The van der Waals surface area contributed by atoms with E-state index in [1.807, 2.05) is 0 Å². The summed E-state index contributed by atoms with van der Waals surface area (Å²) < 4.78 is 0. The van der Waals surface area contributed by atoms with Crippen LogP contribution in [0.25, 0.3) is 0 Å². The van der Waals surface area contributed by atoms with Crippen LogP contribution in [-0.2, 0) is 6.54 Å². The highest BCUT2D eigenvalue weighted by atomic mass is 32.1. The highest BCUT2D eigenvalue weighted by molar-refractivity contribution is 7.13. The van der Waals surface area contributed by atoms with E-state index in [-0.39, 0.29) is 0 Å². The molecule has 1 aliphatic rings. The molecule has 0 atom stereocenters. The van der Waals surface area contributed by atoms with Crippen LogP contribution in [0.3, 0.4) is 0 Å². The molecule has 0 bridgehead atoms. The molecule has 84 valence electrons. The second kappa shape index (κ2) is 4.94. The summed E-state index contributed by atoms with van der Waals surface area (Å²) >= 11 is 1.76. The van der Waals surface area contributed by atoms with Crippen LogP contribution >= 0.6 is 11.3 Å². The molecule has 1 aromatic heterocycles. The Labute approximate surface area is 95.5 Å². The van der Waals surface area contributed by atoms with Crippen molar-refractivity contribution in [1.29, 1.82) is 0 Å². The first-order valence-electron chi connectivity index (χ1n) is 5.69. The topological polar surface area (TPSA) is 28.2 Å². The summed E-state index contributed by atoms with van der Waals surface area (Å²) in [6, 6.07) is 0.739. The zero-order valence-corrected chi connectivity index (χ0v) is 10.3. The minimum atomic E-state index is 0.739. The van der Waals surface area contributed by atoms with Gasteiger partial charge >= 0.3 is 0 Å². The normalized spacial score (nSPS) is 16.4. The number of anilines is 1. The molecule has 1 aliphatic carbocycles. The Bertz CT molecular complexity index is 307. The van der Waals surface area contributed by atoms with Gasteiger partial charge in [0.15, 0.2) is 5.13 Å². The number of rotatable bonds is 5. The quantitative estimate of drug-likeness (QED) is 0.833. The second-order valence-corrected chi connectivity index (χ2v) is 4.93. The number of hydrogen-bond donors (Lipinski definition) is 1. The van der Waals surface area contributed by atoms with Gasteiger partial charge in [0.25, 0.3) is 0 Å². The molecule has 1 fully saturated rings. The number of nitrogens with zero attached hydrogens (tertiary/aromatic N) is 2. The van der Waals surface area contributed by atoms with Gasteiger partial charge in [0.1, 0.15) is 0 Å². The fourth-order valence-corrected chi connectivity index (χ4v) is 2.59. The van der Waals surface area contributed by atoms with E-state index in [9.17, 15) is 0 Å². The fraction of sp³-hybridized carbons (Fsp3) is 0.727. The Morgan fingerprint density at radius 2 is 2.40 bits per heavy atom. The lowest BCUT2D eigenvalue weighted by Crippen LogP contribution is -2.37. The minimum absolute atomic E-state index is 0.739. The maximum absolute atomic E-state index is 4.63. The van der Waals surface area contributed by atoms with E-state index in [4.69, 9.17) is 0 Å². The predicted molar refractivity (Wildman–Crippen MR) is 65.5 cm³/mol. The number of nitrogens with one attached hydrogen (secondary N) is 1. The molecule has 0 aliphatic heterocycles. The van der Waals surface area contributed by atoms with Crippen molar-refractivity contribution in [3.05, 3.63) is 11.1 Å². The summed E-state index contributed by atoms with van der Waals surface area (Å²) in [7, 11) is 2.17. The highest BCUT2D eigenvalue weighted by Crippen LogP contribution is 2.29. The van der Waals surface area contributed by atoms with Crippen molar-refractivity contribution >= 4 is 16.5 Å². The van der Waals surface area contributed by atoms with E-state index in [2.05, 4.69) is 34.6 Å². The Balaban J connectivity index is 1.93. The molecular formula is C11H19N3S. The number of thiazole rings is 1. The monoisotopic (exact) mass is 225 g/mol. The van der Waals surface area contributed by atoms with Crippen molar-refractivity contribution < 1.29 is 0 Å². The maximum Gasteiger partial charge on any atom is 0.185 e. The first kappa shape index (κ1) is 10.9. The van der Waals surface area contributed by atoms with Crippen molar-refractivity contribution in [3.63, 3.8) is 0 Å². The Kier molecular flexibility index (Phi) is 3.59. The molecule has 0 unspecified atom stereocenters. The van der Waals surface area contributed by atoms with Gasteiger partial charge in [0, 0.05) is 25.0 Å². The second-order valence-electron chi connectivity index (χ2n) is 4.10. The summed E-state index contributed by atoms with van der Waals surface area (Å²) in [6.45, 7) is 4.02. The van der Waals surface area contributed by atoms with E-state index in [0.29, 0.717) is 0 Å². The van der Waals surface area contributed by atoms with Gasteiger partial charge in [-0.2, -0.15) is 0 Å². The molecule has 0 aromatic carbocycles. The molecule has 0 spiro atoms. The summed E-state index contributed by atoms with van der Waals surface area (Å²) in [5.41, 5.74) is 1.17. The Morgan fingerprint density at radius 3 is 3.00 bits per heavy atom. The van der Waals surface area contributed by atoms with E-state index < -0.39 is 0 Å². The van der Waals surface area contributed by atoms with E-state index in [1.54, 1.807) is 11.3 Å². The molecule has 3 nitrogen and oxygen atoms in total. The van der Waals surface area contributed by atoms with Crippen molar-refractivity contribution in [2.24, 2.45) is 0 Å². The van der Waals surface area contributed by atoms with Crippen molar-refractivity contribution in [2.75, 3.05) is 18.5 Å². The molecular weight excluding hydrogens is 206 g/mol. The lowest BCUT2D eigenvalue weighted by molar-refractivity contribution is 0.400. The zero-order chi connectivity index (χ0) is 10.7. The lowest BCUT2D eigenvalue weighted by atomic mass is 9.92. The average Bonchev–Trinajstić information content (AvgIpc) is 2.60. The van der Waals surface area contributed by atoms with Gasteiger partial charge in [-0.25, -0.2) is 4.98 Å². The third kappa shape index (κ3) is 2.49. The standard InChI is InChI=1S/C11H19N3S/c1-3-12-7-9-8-15-11(13-9)14(2)10-5-4-6-10/h8,10,12H,3-7H2,1-2H3. The molecule has 1 saturated carbocycles. The number of aromatic nitrogens is 1. The van der Waals surface area contributed by atoms with Crippen LogP contribution in [0.4, 0.5) is 5.13 Å². The highest BCUT2D eigenvalue weighted by Gasteiger charge is 2.23. The average molecular weight is 225 g/mol. The largest absolute Gasteiger partial charge is 0.348 e. The Morgan fingerprint density at radius 1 is 1.60 bits per heavy atom. The van der Waals surface area contributed by atoms with Gasteiger partial charge in [0.2, 0.25) is 0 Å². The lowest BCUT2D eigenvalue weighted by Gasteiger charge is -2.34. The van der Waals surface area contributed by atoms with Crippen LogP contribution in [-0.4, -0.2) is 24.6 Å². The fourth-order valence-electron chi connectivity index (χ4n) is 1.72. The first-order chi connectivity index (χ1) is 7.31. The van der Waals surface area contributed by atoms with Gasteiger partial charge in [-0.05, 0) is 25.8 Å². The van der Waals surface area contributed by atoms with Crippen molar-refractivity contribution in [3.8, 4) is 0 Å². The van der Waals surface area contributed by atoms with Crippen LogP contribution in [0.2, 0.25) is 0 Å². The van der Waals surface area contributed by atoms with Gasteiger partial charge in [-0.3, -0.25) is 0 Å². The molecule has 1 N–H and O–H groups in total. The zero-order valence-electron chi connectivity index (χ0n) is 9.49. The first-order valence-corrected chi connectivity index (χ1v) is 6.57. The Hall–Kier alpha value is -0.610. The van der Waals surface area contributed by atoms with Crippen LogP contribution in [0.1, 0.15) is 31.9 Å². The third-order valence-corrected chi connectivity index (χ3v) is 4.00. The van der Waals surface area contributed by atoms with Crippen LogP contribution in [0.5, 0.6) is 0 Å². The number of hydrogen-bond acceptors (Lipinski definition) is 4. The van der Waals surface area contributed by atoms with Gasteiger partial charge in [0.05, 0.1) is 5.69 Å². The summed E-state index contributed by atoms with van der Waals surface area (Å²) in [5.74, 6) is 0. The molecule has 0 amide bonds. The van der Waals surface area contributed by atoms with Crippen LogP contribution in [0, 0.1) is 0 Å². The van der Waals surface area contributed by atoms with E-state index >= 15 is 0 Å². The van der Waals surface area contributed by atoms with Crippen molar-refractivity contribution in [2.45, 2.75) is 38.8 Å². The molecule has 15 heavy (non-hydrogen) atoms. The molecule has 0 radical (unpaired) electrons. The van der Waals surface area contributed by atoms with Crippen LogP contribution < -0.4 is 10.2 Å². The molecule has 1 aromatic rings. The van der Waals surface area contributed by atoms with Crippen LogP contribution in [0.15, 0.2) is 5.38 Å². The molecule has 2 rings (SSSR count).